The number of rotatable bonds is 3. The number of aryl methyl sites for hydroxylation is 1. The normalized spacial score (nSPS) is 9.79. The SMILES string of the molecule is Cc1ccccc1NNC(=S)Nc1cccc(Br)c1. The average Bonchev–Trinajstić information content (AvgIpc) is 2.38. The topological polar surface area (TPSA) is 36.1 Å². The molecule has 0 amide bonds. The van der Waals surface area contributed by atoms with E-state index in [0.717, 1.165) is 21.4 Å². The van der Waals surface area contributed by atoms with Crippen LogP contribution in [-0.2, 0) is 0 Å². The summed E-state index contributed by atoms with van der Waals surface area (Å²) < 4.78 is 1.01. The lowest BCUT2D eigenvalue weighted by Crippen LogP contribution is -2.33. The smallest absolute Gasteiger partial charge is 0.189 e. The number of anilines is 2. The third kappa shape index (κ3) is 4.22. The van der Waals surface area contributed by atoms with Crippen LogP contribution in [0.25, 0.3) is 0 Å². The second kappa shape index (κ2) is 6.54. The number of hydrogen-bond acceptors (Lipinski definition) is 2. The lowest BCUT2D eigenvalue weighted by Gasteiger charge is -2.14. The standard InChI is InChI=1S/C14H14BrN3S/c1-10-5-2-3-8-13(10)17-18-14(19)16-12-7-4-6-11(15)9-12/h2-9,17H,1H3,(H2,16,18,19). The quantitative estimate of drug-likeness (QED) is 0.583. The fourth-order valence-electron chi connectivity index (χ4n) is 1.57. The van der Waals surface area contributed by atoms with Gasteiger partial charge in [-0.3, -0.25) is 10.9 Å². The van der Waals surface area contributed by atoms with Gasteiger partial charge in [-0.05, 0) is 49.0 Å². The van der Waals surface area contributed by atoms with Crippen LogP contribution >= 0.6 is 28.1 Å². The zero-order chi connectivity index (χ0) is 13.7. The molecule has 0 aromatic heterocycles. The first-order valence-electron chi connectivity index (χ1n) is 5.79. The highest BCUT2D eigenvalue weighted by Crippen LogP contribution is 2.15. The van der Waals surface area contributed by atoms with E-state index in [1.54, 1.807) is 0 Å². The fraction of sp³-hybridized carbons (Fsp3) is 0.0714. The van der Waals surface area contributed by atoms with E-state index in [-0.39, 0.29) is 0 Å². The molecule has 0 bridgehead atoms. The van der Waals surface area contributed by atoms with Crippen LogP contribution in [0.15, 0.2) is 53.0 Å². The van der Waals surface area contributed by atoms with Gasteiger partial charge in [0, 0.05) is 10.2 Å². The number of thiocarbonyl (C=S) groups is 1. The summed E-state index contributed by atoms with van der Waals surface area (Å²) in [5.74, 6) is 0. The summed E-state index contributed by atoms with van der Waals surface area (Å²) in [5.41, 5.74) is 9.13. The van der Waals surface area contributed by atoms with Crippen LogP contribution in [0.1, 0.15) is 5.56 Å². The number of benzene rings is 2. The van der Waals surface area contributed by atoms with E-state index in [9.17, 15) is 0 Å². The highest BCUT2D eigenvalue weighted by atomic mass is 79.9. The minimum Gasteiger partial charge on any atom is -0.331 e. The Bertz CT molecular complexity index is 586. The minimum atomic E-state index is 0.515. The molecular weight excluding hydrogens is 322 g/mol. The highest BCUT2D eigenvalue weighted by Gasteiger charge is 1.99. The summed E-state index contributed by atoms with van der Waals surface area (Å²) >= 11 is 8.64. The molecule has 0 saturated heterocycles. The van der Waals surface area contributed by atoms with Crippen LogP contribution in [0.4, 0.5) is 11.4 Å². The summed E-state index contributed by atoms with van der Waals surface area (Å²) in [6, 6.07) is 15.8. The Morgan fingerprint density at radius 2 is 1.89 bits per heavy atom. The Hall–Kier alpha value is -1.59. The molecule has 0 fully saturated rings. The van der Waals surface area contributed by atoms with E-state index in [2.05, 4.69) is 32.1 Å². The number of nitrogens with one attached hydrogen (secondary N) is 3. The molecule has 2 rings (SSSR count). The van der Waals surface area contributed by atoms with Crippen molar-refractivity contribution in [2.75, 3.05) is 10.7 Å². The molecule has 0 saturated carbocycles. The number of hydrazine groups is 1. The zero-order valence-electron chi connectivity index (χ0n) is 10.4. The van der Waals surface area contributed by atoms with Crippen molar-refractivity contribution in [2.45, 2.75) is 6.92 Å². The van der Waals surface area contributed by atoms with Crippen molar-refractivity contribution in [3.63, 3.8) is 0 Å². The van der Waals surface area contributed by atoms with Crippen LogP contribution in [-0.4, -0.2) is 5.11 Å². The number of halogens is 1. The van der Waals surface area contributed by atoms with Gasteiger partial charge in [0.25, 0.3) is 0 Å². The van der Waals surface area contributed by atoms with Gasteiger partial charge in [0.15, 0.2) is 5.11 Å². The molecule has 0 aliphatic heterocycles. The average molecular weight is 336 g/mol. The molecule has 0 unspecified atom stereocenters. The molecule has 0 atom stereocenters. The van der Waals surface area contributed by atoms with E-state index in [4.69, 9.17) is 12.2 Å². The van der Waals surface area contributed by atoms with Crippen LogP contribution in [0, 0.1) is 6.92 Å². The molecule has 0 spiro atoms. The predicted molar refractivity (Wildman–Crippen MR) is 88.3 cm³/mol. The molecule has 0 aliphatic carbocycles. The number of para-hydroxylation sites is 1. The van der Waals surface area contributed by atoms with Crippen molar-refractivity contribution in [3.8, 4) is 0 Å². The molecule has 0 aliphatic rings. The van der Waals surface area contributed by atoms with E-state index in [1.807, 2.05) is 55.5 Å². The third-order valence-corrected chi connectivity index (χ3v) is 3.24. The van der Waals surface area contributed by atoms with Crippen LogP contribution in [0.2, 0.25) is 0 Å². The summed E-state index contributed by atoms with van der Waals surface area (Å²) in [4.78, 5) is 0. The first-order chi connectivity index (χ1) is 9.15. The predicted octanol–water partition coefficient (Wildman–Crippen LogP) is 4.07. The summed E-state index contributed by atoms with van der Waals surface area (Å²) in [6.07, 6.45) is 0. The molecule has 3 nitrogen and oxygen atoms in total. The van der Waals surface area contributed by atoms with Gasteiger partial charge in [0.2, 0.25) is 0 Å². The molecule has 0 radical (unpaired) electrons. The Labute approximate surface area is 126 Å². The highest BCUT2D eigenvalue weighted by molar-refractivity contribution is 9.10. The zero-order valence-corrected chi connectivity index (χ0v) is 12.8. The largest absolute Gasteiger partial charge is 0.331 e. The lowest BCUT2D eigenvalue weighted by atomic mass is 10.2. The Morgan fingerprint density at radius 3 is 2.63 bits per heavy atom. The minimum absolute atomic E-state index is 0.515. The van der Waals surface area contributed by atoms with Crippen molar-refractivity contribution < 1.29 is 0 Å². The molecule has 5 heteroatoms. The molecule has 3 N–H and O–H groups in total. The second-order valence-corrected chi connectivity index (χ2v) is 5.35. The summed E-state index contributed by atoms with van der Waals surface area (Å²) in [6.45, 7) is 2.04. The van der Waals surface area contributed by atoms with Crippen LogP contribution in [0.3, 0.4) is 0 Å². The van der Waals surface area contributed by atoms with Crippen molar-refractivity contribution in [1.82, 2.24) is 5.43 Å². The maximum Gasteiger partial charge on any atom is 0.189 e. The van der Waals surface area contributed by atoms with Gasteiger partial charge in [-0.2, -0.15) is 0 Å². The molecule has 0 heterocycles. The maximum absolute atomic E-state index is 5.22. The van der Waals surface area contributed by atoms with Crippen molar-refractivity contribution in [2.24, 2.45) is 0 Å². The van der Waals surface area contributed by atoms with E-state index in [1.165, 1.54) is 0 Å². The molecule has 98 valence electrons. The van der Waals surface area contributed by atoms with Gasteiger partial charge in [-0.25, -0.2) is 0 Å². The molecule has 2 aromatic carbocycles. The Balaban J connectivity index is 1.90. The van der Waals surface area contributed by atoms with Crippen LogP contribution < -0.4 is 16.2 Å². The van der Waals surface area contributed by atoms with Gasteiger partial charge in [0.05, 0.1) is 5.69 Å². The van der Waals surface area contributed by atoms with Crippen molar-refractivity contribution >= 4 is 44.6 Å². The first kappa shape index (κ1) is 13.8. The van der Waals surface area contributed by atoms with Crippen LogP contribution in [0.5, 0.6) is 0 Å². The van der Waals surface area contributed by atoms with Crippen molar-refractivity contribution in [3.05, 3.63) is 58.6 Å². The molecule has 19 heavy (non-hydrogen) atoms. The first-order valence-corrected chi connectivity index (χ1v) is 6.99. The van der Waals surface area contributed by atoms with Gasteiger partial charge in [-0.1, -0.05) is 40.2 Å². The molecule has 2 aromatic rings. The fourth-order valence-corrected chi connectivity index (χ4v) is 2.13. The Morgan fingerprint density at radius 1 is 1.11 bits per heavy atom. The number of hydrogen-bond donors (Lipinski definition) is 3. The van der Waals surface area contributed by atoms with E-state index in [0.29, 0.717) is 5.11 Å². The van der Waals surface area contributed by atoms with E-state index >= 15 is 0 Å². The monoisotopic (exact) mass is 335 g/mol. The van der Waals surface area contributed by atoms with Crippen molar-refractivity contribution in [1.29, 1.82) is 0 Å². The van der Waals surface area contributed by atoms with Gasteiger partial charge < -0.3 is 5.32 Å². The Kier molecular flexibility index (Phi) is 4.76. The molecular formula is C14H14BrN3S. The maximum atomic E-state index is 5.22. The lowest BCUT2D eigenvalue weighted by molar-refractivity contribution is 1.13. The summed E-state index contributed by atoms with van der Waals surface area (Å²) in [7, 11) is 0. The summed E-state index contributed by atoms with van der Waals surface area (Å²) in [5, 5.41) is 3.62. The third-order valence-electron chi connectivity index (χ3n) is 2.54. The van der Waals surface area contributed by atoms with Gasteiger partial charge >= 0.3 is 0 Å². The van der Waals surface area contributed by atoms with Gasteiger partial charge in [0.1, 0.15) is 0 Å². The van der Waals surface area contributed by atoms with Gasteiger partial charge in [-0.15, -0.1) is 0 Å². The van der Waals surface area contributed by atoms with E-state index < -0.39 is 0 Å². The second-order valence-electron chi connectivity index (χ2n) is 4.03.